The summed E-state index contributed by atoms with van der Waals surface area (Å²) in [7, 11) is 0. The van der Waals surface area contributed by atoms with Gasteiger partial charge < -0.3 is 9.73 Å². The Bertz CT molecular complexity index is 1530. The SMILES string of the molecule is Cc1ccc2nc(-c3ccc(C)c(NC(=O)c4ccc5c6c(cccc46)CC5)c3)oc2c1. The Labute approximate surface area is 185 Å². The zero-order valence-corrected chi connectivity index (χ0v) is 18.0. The van der Waals surface area contributed by atoms with E-state index in [0.717, 1.165) is 51.7 Å². The minimum atomic E-state index is -0.103. The number of nitrogens with one attached hydrogen (secondary N) is 1. The van der Waals surface area contributed by atoms with Gasteiger partial charge in [-0.1, -0.05) is 36.4 Å². The van der Waals surface area contributed by atoms with Crippen LogP contribution in [0.25, 0.3) is 33.3 Å². The van der Waals surface area contributed by atoms with E-state index in [-0.39, 0.29) is 5.91 Å². The number of benzene rings is 4. The lowest BCUT2D eigenvalue weighted by Crippen LogP contribution is -2.13. The second kappa shape index (κ2) is 7.06. The molecular formula is C28H22N2O2. The quantitative estimate of drug-likeness (QED) is 0.358. The number of anilines is 1. The Morgan fingerprint density at radius 1 is 0.938 bits per heavy atom. The monoisotopic (exact) mass is 418 g/mol. The highest BCUT2D eigenvalue weighted by atomic mass is 16.3. The van der Waals surface area contributed by atoms with Crippen molar-refractivity contribution in [3.8, 4) is 11.5 Å². The summed E-state index contributed by atoms with van der Waals surface area (Å²) in [6.45, 7) is 4.02. The molecule has 4 aromatic carbocycles. The van der Waals surface area contributed by atoms with E-state index in [9.17, 15) is 4.79 Å². The lowest BCUT2D eigenvalue weighted by atomic mass is 9.99. The molecule has 0 radical (unpaired) electrons. The molecule has 1 amide bonds. The number of aryl methyl sites for hydroxylation is 4. The maximum atomic E-state index is 13.3. The van der Waals surface area contributed by atoms with Gasteiger partial charge in [0, 0.05) is 16.8 Å². The molecule has 6 rings (SSSR count). The van der Waals surface area contributed by atoms with Gasteiger partial charge in [-0.2, -0.15) is 0 Å². The third kappa shape index (κ3) is 2.99. The van der Waals surface area contributed by atoms with Gasteiger partial charge in [-0.05, 0) is 90.0 Å². The van der Waals surface area contributed by atoms with Gasteiger partial charge in [0.1, 0.15) is 5.52 Å². The van der Waals surface area contributed by atoms with Crippen molar-refractivity contribution < 1.29 is 9.21 Å². The van der Waals surface area contributed by atoms with Crippen molar-refractivity contribution in [1.82, 2.24) is 4.98 Å². The first-order valence-electron chi connectivity index (χ1n) is 10.9. The number of carbonyl (C=O) groups is 1. The maximum absolute atomic E-state index is 13.3. The largest absolute Gasteiger partial charge is 0.436 e. The molecule has 0 fully saturated rings. The maximum Gasteiger partial charge on any atom is 0.256 e. The summed E-state index contributed by atoms with van der Waals surface area (Å²) in [5, 5.41) is 5.39. The minimum absolute atomic E-state index is 0.103. The normalized spacial score (nSPS) is 12.6. The Morgan fingerprint density at radius 3 is 2.66 bits per heavy atom. The number of aromatic nitrogens is 1. The molecule has 1 aromatic heterocycles. The number of hydrogen-bond donors (Lipinski definition) is 1. The highest BCUT2D eigenvalue weighted by molar-refractivity contribution is 6.14. The molecule has 0 bridgehead atoms. The third-order valence-electron chi connectivity index (χ3n) is 6.40. The molecule has 156 valence electrons. The molecule has 0 unspecified atom stereocenters. The van der Waals surface area contributed by atoms with E-state index in [1.807, 2.05) is 68.4 Å². The molecule has 0 saturated heterocycles. The first-order chi connectivity index (χ1) is 15.6. The van der Waals surface area contributed by atoms with Gasteiger partial charge in [-0.25, -0.2) is 4.98 Å². The average Bonchev–Trinajstić information content (AvgIpc) is 3.40. The molecule has 4 nitrogen and oxygen atoms in total. The first-order valence-corrected chi connectivity index (χ1v) is 10.9. The Balaban J connectivity index is 1.37. The summed E-state index contributed by atoms with van der Waals surface area (Å²) in [4.78, 5) is 17.9. The molecule has 0 atom stereocenters. The fourth-order valence-corrected chi connectivity index (χ4v) is 4.68. The fourth-order valence-electron chi connectivity index (χ4n) is 4.68. The van der Waals surface area contributed by atoms with Crippen LogP contribution in [0.15, 0.2) is 71.1 Å². The second-order valence-electron chi connectivity index (χ2n) is 8.59. The smallest absolute Gasteiger partial charge is 0.256 e. The molecule has 4 heteroatoms. The molecular weight excluding hydrogens is 396 g/mol. The van der Waals surface area contributed by atoms with Crippen molar-refractivity contribution in [3.63, 3.8) is 0 Å². The molecule has 32 heavy (non-hydrogen) atoms. The van der Waals surface area contributed by atoms with E-state index in [1.165, 1.54) is 16.5 Å². The molecule has 1 aliphatic rings. The average molecular weight is 418 g/mol. The molecule has 0 aliphatic heterocycles. The Kier molecular flexibility index (Phi) is 4.15. The molecule has 0 saturated carbocycles. The number of fused-ring (bicyclic) bond motifs is 1. The molecule has 0 spiro atoms. The highest BCUT2D eigenvalue weighted by Crippen LogP contribution is 2.34. The van der Waals surface area contributed by atoms with Crippen LogP contribution in [0.1, 0.15) is 32.6 Å². The number of carbonyl (C=O) groups excluding carboxylic acids is 1. The van der Waals surface area contributed by atoms with Crippen molar-refractivity contribution in [1.29, 1.82) is 0 Å². The number of rotatable bonds is 3. The van der Waals surface area contributed by atoms with Gasteiger partial charge in [0.25, 0.3) is 5.91 Å². The fraction of sp³-hybridized carbons (Fsp3) is 0.143. The Hall–Kier alpha value is -3.92. The van der Waals surface area contributed by atoms with Gasteiger partial charge in [0.15, 0.2) is 5.58 Å². The lowest BCUT2D eigenvalue weighted by molar-refractivity contribution is 0.102. The predicted octanol–water partition coefficient (Wildman–Crippen LogP) is 6.62. The zero-order chi connectivity index (χ0) is 21.8. The van der Waals surface area contributed by atoms with Crippen LogP contribution in [-0.4, -0.2) is 10.9 Å². The predicted molar refractivity (Wildman–Crippen MR) is 128 cm³/mol. The second-order valence-corrected chi connectivity index (χ2v) is 8.59. The summed E-state index contributed by atoms with van der Waals surface area (Å²) in [6.07, 6.45) is 2.09. The van der Waals surface area contributed by atoms with Gasteiger partial charge in [0.05, 0.1) is 0 Å². The van der Waals surface area contributed by atoms with Crippen LogP contribution in [0.5, 0.6) is 0 Å². The molecule has 1 N–H and O–H groups in total. The van der Waals surface area contributed by atoms with Crippen molar-refractivity contribution in [2.45, 2.75) is 26.7 Å². The molecule has 1 aliphatic carbocycles. The molecule has 1 heterocycles. The van der Waals surface area contributed by atoms with Gasteiger partial charge in [0.2, 0.25) is 5.89 Å². The topological polar surface area (TPSA) is 55.1 Å². The van der Waals surface area contributed by atoms with Crippen LogP contribution in [0.2, 0.25) is 0 Å². The van der Waals surface area contributed by atoms with Gasteiger partial charge >= 0.3 is 0 Å². The van der Waals surface area contributed by atoms with E-state index < -0.39 is 0 Å². The Morgan fingerprint density at radius 2 is 1.78 bits per heavy atom. The summed E-state index contributed by atoms with van der Waals surface area (Å²) < 4.78 is 5.99. The van der Waals surface area contributed by atoms with Gasteiger partial charge in [-0.15, -0.1) is 0 Å². The van der Waals surface area contributed by atoms with Crippen LogP contribution < -0.4 is 5.32 Å². The van der Waals surface area contributed by atoms with E-state index >= 15 is 0 Å². The number of nitrogens with zero attached hydrogens (tertiary/aromatic N) is 1. The lowest BCUT2D eigenvalue weighted by Gasteiger charge is -2.12. The first kappa shape index (κ1) is 18.8. The van der Waals surface area contributed by atoms with Crippen LogP contribution in [-0.2, 0) is 12.8 Å². The van der Waals surface area contributed by atoms with Crippen LogP contribution >= 0.6 is 0 Å². The van der Waals surface area contributed by atoms with Crippen molar-refractivity contribution in [2.75, 3.05) is 5.32 Å². The summed E-state index contributed by atoms with van der Waals surface area (Å²) in [5.74, 6) is 0.445. The van der Waals surface area contributed by atoms with Crippen molar-refractivity contribution in [3.05, 3.63) is 94.5 Å². The number of hydrogen-bond acceptors (Lipinski definition) is 3. The van der Waals surface area contributed by atoms with Crippen LogP contribution in [0, 0.1) is 13.8 Å². The van der Waals surface area contributed by atoms with Crippen molar-refractivity contribution >= 4 is 33.5 Å². The highest BCUT2D eigenvalue weighted by Gasteiger charge is 2.19. The van der Waals surface area contributed by atoms with E-state index in [1.54, 1.807) is 0 Å². The van der Waals surface area contributed by atoms with Crippen LogP contribution in [0.3, 0.4) is 0 Å². The number of oxazole rings is 1. The van der Waals surface area contributed by atoms with E-state index in [2.05, 4.69) is 22.4 Å². The summed E-state index contributed by atoms with van der Waals surface area (Å²) >= 11 is 0. The molecule has 5 aromatic rings. The van der Waals surface area contributed by atoms with Gasteiger partial charge in [-0.3, -0.25) is 4.79 Å². The van der Waals surface area contributed by atoms with Crippen LogP contribution in [0.4, 0.5) is 5.69 Å². The number of amides is 1. The van der Waals surface area contributed by atoms with E-state index in [0.29, 0.717) is 11.5 Å². The zero-order valence-electron chi connectivity index (χ0n) is 18.0. The summed E-state index contributed by atoms with van der Waals surface area (Å²) in [6, 6.07) is 22.2. The van der Waals surface area contributed by atoms with Crippen molar-refractivity contribution in [2.24, 2.45) is 0 Å². The third-order valence-corrected chi connectivity index (χ3v) is 6.40. The standard InChI is InChI=1S/C28H22N2O2/c1-16-6-13-23-25(14-16)32-28(30-23)20-8-7-17(2)24(15-20)29-27(31)22-12-11-19-10-9-18-4-3-5-21(22)26(18)19/h3-8,11-15H,9-10H2,1-2H3,(H,29,31). The summed E-state index contributed by atoms with van der Waals surface area (Å²) in [5.41, 5.74) is 8.66. The minimum Gasteiger partial charge on any atom is -0.436 e. The van der Waals surface area contributed by atoms with E-state index in [4.69, 9.17) is 4.42 Å².